The maximum absolute atomic E-state index is 9.05. The number of hydrogen-bond acceptors (Lipinski definition) is 4. The van der Waals surface area contributed by atoms with Gasteiger partial charge in [0.25, 0.3) is 0 Å². The van der Waals surface area contributed by atoms with E-state index in [-0.39, 0.29) is 11.5 Å². The van der Waals surface area contributed by atoms with Crippen LogP contribution in [0.3, 0.4) is 0 Å². The van der Waals surface area contributed by atoms with Crippen LogP contribution in [-0.2, 0) is 0 Å². The fraction of sp³-hybridized carbons (Fsp3) is 0. The van der Waals surface area contributed by atoms with Crippen molar-refractivity contribution in [3.63, 3.8) is 0 Å². The molecule has 82 valence electrons. The number of phenols is 2. The summed E-state index contributed by atoms with van der Waals surface area (Å²) < 4.78 is 0. The fourth-order valence-electron chi connectivity index (χ4n) is 1.10. The molecule has 16 heavy (non-hydrogen) atoms. The predicted octanol–water partition coefficient (Wildman–Crippen LogP) is 2.47. The lowest BCUT2D eigenvalue weighted by Crippen LogP contribution is -1.99. The van der Waals surface area contributed by atoms with Crippen LogP contribution < -0.4 is 9.78 Å². The summed E-state index contributed by atoms with van der Waals surface area (Å²) in [6.45, 7) is 0. The van der Waals surface area contributed by atoms with Gasteiger partial charge in [0.05, 0.1) is 0 Å². The Kier molecular flexibility index (Phi) is 2.82. The van der Waals surface area contributed by atoms with Gasteiger partial charge in [-0.1, -0.05) is 0 Å². The normalized spacial score (nSPS) is 9.75. The van der Waals surface area contributed by atoms with Gasteiger partial charge in [0.1, 0.15) is 11.5 Å². The summed E-state index contributed by atoms with van der Waals surface area (Å²) in [6, 6.07) is 12.3. The van der Waals surface area contributed by atoms with E-state index >= 15 is 0 Å². The fourth-order valence-corrected chi connectivity index (χ4v) is 1.10. The van der Waals surface area contributed by atoms with Gasteiger partial charge < -0.3 is 10.2 Å². The largest absolute Gasteiger partial charge is 0.508 e. The minimum atomic E-state index is 0.164. The van der Waals surface area contributed by atoms with Gasteiger partial charge in [-0.2, -0.15) is 0 Å². The lowest BCUT2D eigenvalue weighted by atomic mass is 10.3. The van der Waals surface area contributed by atoms with Crippen LogP contribution in [0.25, 0.3) is 0 Å². The van der Waals surface area contributed by atoms with Crippen LogP contribution >= 0.6 is 0 Å². The molecule has 2 rings (SSSR count). The summed E-state index contributed by atoms with van der Waals surface area (Å²) >= 11 is 0. The minimum absolute atomic E-state index is 0.164. The molecule has 0 unspecified atom stereocenters. The van der Waals surface area contributed by atoms with Crippen molar-refractivity contribution in [2.75, 3.05) is 0 Å². The smallest absolute Gasteiger partial charge is 0.178 e. The van der Waals surface area contributed by atoms with Gasteiger partial charge in [-0.25, -0.2) is 0 Å². The predicted molar refractivity (Wildman–Crippen MR) is 57.5 cm³/mol. The molecule has 0 amide bonds. The first kappa shape index (κ1) is 10.2. The molecule has 0 fully saturated rings. The van der Waals surface area contributed by atoms with E-state index in [2.05, 4.69) is 0 Å². The molecule has 0 aromatic heterocycles. The van der Waals surface area contributed by atoms with Gasteiger partial charge in [0, 0.05) is 0 Å². The average molecular weight is 218 g/mol. The zero-order valence-corrected chi connectivity index (χ0v) is 8.33. The second-order valence-corrected chi connectivity index (χ2v) is 3.15. The Morgan fingerprint density at radius 2 is 0.875 bits per heavy atom. The SMILES string of the molecule is Oc1ccc(OOc2ccc(O)cc2)cc1. The molecule has 2 aromatic carbocycles. The zero-order chi connectivity index (χ0) is 11.4. The molecule has 0 atom stereocenters. The van der Waals surface area contributed by atoms with Gasteiger partial charge in [0.15, 0.2) is 11.5 Å². The summed E-state index contributed by atoms with van der Waals surface area (Å²) in [5, 5.41) is 18.1. The highest BCUT2D eigenvalue weighted by Gasteiger charge is 1.98. The van der Waals surface area contributed by atoms with Crippen molar-refractivity contribution in [3.8, 4) is 23.0 Å². The highest BCUT2D eigenvalue weighted by Crippen LogP contribution is 2.19. The van der Waals surface area contributed by atoms with Crippen LogP contribution in [-0.4, -0.2) is 10.2 Å². The number of aromatic hydroxyl groups is 2. The van der Waals surface area contributed by atoms with E-state index in [0.29, 0.717) is 11.5 Å². The van der Waals surface area contributed by atoms with Gasteiger partial charge >= 0.3 is 0 Å². The molecule has 0 saturated heterocycles. The zero-order valence-electron chi connectivity index (χ0n) is 8.33. The lowest BCUT2D eigenvalue weighted by Gasteiger charge is -2.05. The van der Waals surface area contributed by atoms with Gasteiger partial charge in [-0.3, -0.25) is 9.78 Å². The Bertz CT molecular complexity index is 402. The van der Waals surface area contributed by atoms with E-state index in [1.54, 1.807) is 24.3 Å². The van der Waals surface area contributed by atoms with Crippen LogP contribution in [0, 0.1) is 0 Å². The van der Waals surface area contributed by atoms with Crippen LogP contribution in [0.15, 0.2) is 48.5 Å². The van der Waals surface area contributed by atoms with Crippen LogP contribution in [0.1, 0.15) is 0 Å². The Morgan fingerprint density at radius 3 is 1.19 bits per heavy atom. The summed E-state index contributed by atoms with van der Waals surface area (Å²) in [5.41, 5.74) is 0. The maximum Gasteiger partial charge on any atom is 0.178 e. The standard InChI is InChI=1S/C12H10O4/c13-9-1-5-11(6-2-9)15-16-12-7-3-10(14)4-8-12/h1-8,13-14H. The molecule has 0 radical (unpaired) electrons. The molecule has 0 aliphatic carbocycles. The first-order valence-electron chi connectivity index (χ1n) is 4.66. The van der Waals surface area contributed by atoms with Crippen molar-refractivity contribution in [3.05, 3.63) is 48.5 Å². The van der Waals surface area contributed by atoms with Crippen LogP contribution in [0.2, 0.25) is 0 Å². The Hall–Kier alpha value is -2.36. The third-order valence-electron chi connectivity index (χ3n) is 1.91. The lowest BCUT2D eigenvalue weighted by molar-refractivity contribution is -0.0999. The van der Waals surface area contributed by atoms with Gasteiger partial charge in [-0.15, -0.1) is 0 Å². The number of rotatable bonds is 3. The number of phenolic OH excluding ortho intramolecular Hbond substituents is 2. The highest BCUT2D eigenvalue weighted by atomic mass is 17.2. The third-order valence-corrected chi connectivity index (χ3v) is 1.91. The Balaban J connectivity index is 1.97. The Morgan fingerprint density at radius 1 is 0.562 bits per heavy atom. The average Bonchev–Trinajstić information content (AvgIpc) is 2.30. The quantitative estimate of drug-likeness (QED) is 0.613. The molecule has 0 spiro atoms. The first-order valence-corrected chi connectivity index (χ1v) is 4.66. The molecule has 2 N–H and O–H groups in total. The molecular weight excluding hydrogens is 208 g/mol. The van der Waals surface area contributed by atoms with Crippen LogP contribution in [0.4, 0.5) is 0 Å². The molecular formula is C12H10O4. The molecule has 4 nitrogen and oxygen atoms in total. The summed E-state index contributed by atoms with van der Waals surface area (Å²) in [5.74, 6) is 1.28. The van der Waals surface area contributed by atoms with Crippen LogP contribution in [0.5, 0.6) is 23.0 Å². The molecule has 4 heteroatoms. The van der Waals surface area contributed by atoms with Gasteiger partial charge in [0.2, 0.25) is 0 Å². The van der Waals surface area contributed by atoms with E-state index in [9.17, 15) is 0 Å². The summed E-state index contributed by atoms with van der Waals surface area (Å²) in [6.07, 6.45) is 0. The molecule has 0 heterocycles. The molecule has 0 saturated carbocycles. The topological polar surface area (TPSA) is 58.9 Å². The van der Waals surface area contributed by atoms with E-state index in [0.717, 1.165) is 0 Å². The summed E-state index contributed by atoms with van der Waals surface area (Å²) in [4.78, 5) is 9.99. The molecule has 0 aliphatic heterocycles. The van der Waals surface area contributed by atoms with Crippen molar-refractivity contribution in [2.45, 2.75) is 0 Å². The van der Waals surface area contributed by atoms with E-state index < -0.39 is 0 Å². The molecule has 0 bridgehead atoms. The number of benzene rings is 2. The minimum Gasteiger partial charge on any atom is -0.508 e. The monoisotopic (exact) mass is 218 g/mol. The van der Waals surface area contributed by atoms with Gasteiger partial charge in [-0.05, 0) is 48.5 Å². The number of hydrogen-bond donors (Lipinski definition) is 2. The van der Waals surface area contributed by atoms with E-state index in [1.165, 1.54) is 24.3 Å². The van der Waals surface area contributed by atoms with Crippen molar-refractivity contribution in [2.24, 2.45) is 0 Å². The van der Waals surface area contributed by atoms with E-state index in [1.807, 2.05) is 0 Å². The Labute approximate surface area is 92.2 Å². The van der Waals surface area contributed by atoms with Crippen molar-refractivity contribution >= 4 is 0 Å². The highest BCUT2D eigenvalue weighted by molar-refractivity contribution is 5.31. The van der Waals surface area contributed by atoms with Crippen molar-refractivity contribution < 1.29 is 20.0 Å². The summed E-state index contributed by atoms with van der Waals surface area (Å²) in [7, 11) is 0. The van der Waals surface area contributed by atoms with Crippen molar-refractivity contribution in [1.82, 2.24) is 0 Å². The van der Waals surface area contributed by atoms with Crippen molar-refractivity contribution in [1.29, 1.82) is 0 Å². The third kappa shape index (κ3) is 2.57. The first-order chi connectivity index (χ1) is 7.74. The molecule has 2 aromatic rings. The maximum atomic E-state index is 9.05. The van der Waals surface area contributed by atoms with E-state index in [4.69, 9.17) is 20.0 Å². The second-order valence-electron chi connectivity index (χ2n) is 3.15. The second kappa shape index (κ2) is 4.44. The molecule has 0 aliphatic rings.